The number of rotatable bonds is 1. The van der Waals surface area contributed by atoms with Gasteiger partial charge in [0.05, 0.1) is 0 Å². The van der Waals surface area contributed by atoms with E-state index >= 15 is 0 Å². The van der Waals surface area contributed by atoms with Crippen LogP contribution in [0.25, 0.3) is 0 Å². The molecule has 0 bridgehead atoms. The molecule has 2 aromatic rings. The second-order valence-electron chi connectivity index (χ2n) is 6.06. The van der Waals surface area contributed by atoms with Crippen LogP contribution in [0.4, 0.5) is 5.69 Å². The van der Waals surface area contributed by atoms with Gasteiger partial charge in [-0.3, -0.25) is 9.79 Å². The summed E-state index contributed by atoms with van der Waals surface area (Å²) < 4.78 is 0. The molecule has 2 aromatic carbocycles. The Bertz CT molecular complexity index is 793. The quantitative estimate of drug-likeness (QED) is 0.801. The number of benzene rings is 2. The van der Waals surface area contributed by atoms with Gasteiger partial charge < -0.3 is 9.80 Å². The van der Waals surface area contributed by atoms with Crippen molar-refractivity contribution in [3.63, 3.8) is 0 Å². The van der Waals surface area contributed by atoms with Crippen LogP contribution in [-0.2, 0) is 0 Å². The Labute approximate surface area is 146 Å². The fraction of sp³-hybridized carbons (Fsp3) is 0.263. The molecule has 2 aliphatic heterocycles. The topological polar surface area (TPSA) is 35.9 Å². The van der Waals surface area contributed by atoms with Gasteiger partial charge in [-0.15, -0.1) is 0 Å². The number of fused-ring (bicyclic) bond motifs is 1. The monoisotopic (exact) mass is 339 g/mol. The number of anilines is 1. The van der Waals surface area contributed by atoms with Crippen LogP contribution in [-0.4, -0.2) is 49.2 Å². The van der Waals surface area contributed by atoms with Crippen LogP contribution >= 0.6 is 11.6 Å². The summed E-state index contributed by atoms with van der Waals surface area (Å²) >= 11 is 5.96. The molecule has 24 heavy (non-hydrogen) atoms. The van der Waals surface area contributed by atoms with E-state index in [0.29, 0.717) is 0 Å². The average Bonchev–Trinajstić information content (AvgIpc) is 2.63. The fourth-order valence-corrected chi connectivity index (χ4v) is 3.46. The lowest BCUT2D eigenvalue weighted by molar-refractivity contribution is 0.0999. The Morgan fingerprint density at radius 3 is 2.17 bits per heavy atom. The smallest absolute Gasteiger partial charge is 0.185 e. The first-order valence-corrected chi connectivity index (χ1v) is 8.53. The van der Waals surface area contributed by atoms with Gasteiger partial charge in [-0.1, -0.05) is 35.9 Å². The van der Waals surface area contributed by atoms with Gasteiger partial charge in [0, 0.05) is 48.0 Å². The summed E-state index contributed by atoms with van der Waals surface area (Å²) in [6, 6.07) is 15.8. The number of halogens is 1. The molecular formula is C19H18ClN3O. The minimum atomic E-state index is 0.106. The lowest BCUT2D eigenvalue weighted by Gasteiger charge is -2.38. The third-order valence-corrected chi connectivity index (χ3v) is 4.86. The van der Waals surface area contributed by atoms with Crippen molar-refractivity contribution in [2.45, 2.75) is 0 Å². The van der Waals surface area contributed by atoms with Gasteiger partial charge in [-0.25, -0.2) is 0 Å². The number of Topliss-reactive ketones (excluding diaryl/α,β-unsaturated/α-hetero) is 1. The summed E-state index contributed by atoms with van der Waals surface area (Å²) in [7, 11) is 0. The Morgan fingerprint density at radius 1 is 0.833 bits per heavy atom. The highest BCUT2D eigenvalue weighted by molar-refractivity contribution is 6.30. The number of nitrogens with zero attached hydrogens (tertiary/aromatic N) is 3. The number of carbonyl (C=O) groups excluding carboxylic acids is 1. The Hall–Kier alpha value is -2.33. The first kappa shape index (κ1) is 15.2. The number of hydrogen-bond acceptors (Lipinski definition) is 4. The van der Waals surface area contributed by atoms with Crippen molar-refractivity contribution in [3.8, 4) is 0 Å². The molecule has 0 radical (unpaired) electrons. The minimum absolute atomic E-state index is 0.106. The molecule has 0 spiro atoms. The van der Waals surface area contributed by atoms with E-state index in [2.05, 4.69) is 26.9 Å². The third kappa shape index (κ3) is 2.78. The molecule has 1 fully saturated rings. The molecule has 4 nitrogen and oxygen atoms in total. The van der Waals surface area contributed by atoms with E-state index in [4.69, 9.17) is 11.6 Å². The molecule has 2 aliphatic rings. The number of aliphatic imine (C=N–C) groups is 1. The van der Waals surface area contributed by atoms with E-state index in [-0.39, 0.29) is 12.3 Å². The van der Waals surface area contributed by atoms with E-state index in [1.165, 1.54) is 5.69 Å². The number of ketones is 1. The third-order valence-electron chi connectivity index (χ3n) is 4.61. The largest absolute Gasteiger partial charge is 0.368 e. The van der Waals surface area contributed by atoms with Crippen LogP contribution in [0.2, 0.25) is 5.02 Å². The van der Waals surface area contributed by atoms with E-state index in [1.54, 1.807) is 0 Å². The average molecular weight is 340 g/mol. The molecule has 0 atom stereocenters. The van der Waals surface area contributed by atoms with E-state index in [0.717, 1.165) is 48.2 Å². The predicted molar refractivity (Wildman–Crippen MR) is 97.4 cm³/mol. The second kappa shape index (κ2) is 6.29. The van der Waals surface area contributed by atoms with Crippen molar-refractivity contribution < 1.29 is 4.79 Å². The van der Waals surface area contributed by atoms with Crippen LogP contribution in [0.3, 0.4) is 0 Å². The summed E-state index contributed by atoms with van der Waals surface area (Å²) in [6.45, 7) is 3.89. The molecule has 5 heteroatoms. The predicted octanol–water partition coefficient (Wildman–Crippen LogP) is 3.11. The molecule has 0 amide bonds. The SMILES string of the molecule is O=C1CN=C(N2CCN(c3ccc(Cl)cc3)CC2)c2ccccc21. The summed E-state index contributed by atoms with van der Waals surface area (Å²) in [5, 5.41) is 0.759. The molecule has 122 valence electrons. The standard InChI is InChI=1S/C19H18ClN3O/c20-14-5-7-15(8-6-14)22-9-11-23(12-10-22)19-17-4-2-1-3-16(17)18(24)13-21-19/h1-8H,9-13H2. The van der Waals surface area contributed by atoms with Crippen molar-refractivity contribution in [3.05, 3.63) is 64.7 Å². The molecule has 0 aromatic heterocycles. The van der Waals surface area contributed by atoms with Crippen LogP contribution in [0, 0.1) is 0 Å². The van der Waals surface area contributed by atoms with Crippen molar-refractivity contribution in [2.24, 2.45) is 4.99 Å². The minimum Gasteiger partial charge on any atom is -0.368 e. The summed E-state index contributed by atoms with van der Waals surface area (Å²) in [5.41, 5.74) is 2.96. The second-order valence-corrected chi connectivity index (χ2v) is 6.50. The van der Waals surface area contributed by atoms with Gasteiger partial charge in [0.1, 0.15) is 12.4 Å². The Morgan fingerprint density at radius 2 is 1.46 bits per heavy atom. The molecular weight excluding hydrogens is 322 g/mol. The first-order chi connectivity index (χ1) is 11.7. The van der Waals surface area contributed by atoms with Crippen molar-refractivity contribution in [2.75, 3.05) is 37.6 Å². The molecule has 4 rings (SSSR count). The first-order valence-electron chi connectivity index (χ1n) is 8.15. The zero-order chi connectivity index (χ0) is 16.5. The molecule has 0 saturated carbocycles. The summed E-state index contributed by atoms with van der Waals surface area (Å²) in [5.74, 6) is 1.06. The van der Waals surface area contributed by atoms with E-state index in [1.807, 2.05) is 36.4 Å². The van der Waals surface area contributed by atoms with Gasteiger partial charge in [0.2, 0.25) is 0 Å². The number of hydrogen-bond donors (Lipinski definition) is 0. The van der Waals surface area contributed by atoms with Gasteiger partial charge >= 0.3 is 0 Å². The Balaban J connectivity index is 1.50. The highest BCUT2D eigenvalue weighted by Gasteiger charge is 2.26. The van der Waals surface area contributed by atoms with Gasteiger partial charge in [-0.05, 0) is 24.3 Å². The molecule has 2 heterocycles. The van der Waals surface area contributed by atoms with Crippen molar-refractivity contribution >= 4 is 28.9 Å². The van der Waals surface area contributed by atoms with Crippen LogP contribution in [0.5, 0.6) is 0 Å². The maximum Gasteiger partial charge on any atom is 0.185 e. The number of amidine groups is 1. The summed E-state index contributed by atoms with van der Waals surface area (Å²) in [6.07, 6.45) is 0. The highest BCUT2D eigenvalue weighted by atomic mass is 35.5. The van der Waals surface area contributed by atoms with Crippen LogP contribution in [0.1, 0.15) is 15.9 Å². The fourth-order valence-electron chi connectivity index (χ4n) is 3.34. The Kier molecular flexibility index (Phi) is 3.98. The zero-order valence-corrected chi connectivity index (χ0v) is 14.0. The van der Waals surface area contributed by atoms with Gasteiger partial charge in [0.25, 0.3) is 0 Å². The number of piperazine rings is 1. The molecule has 0 aliphatic carbocycles. The van der Waals surface area contributed by atoms with Gasteiger partial charge in [-0.2, -0.15) is 0 Å². The molecule has 0 N–H and O–H groups in total. The molecule has 0 unspecified atom stereocenters. The van der Waals surface area contributed by atoms with Crippen LogP contribution < -0.4 is 4.90 Å². The number of carbonyl (C=O) groups is 1. The van der Waals surface area contributed by atoms with Gasteiger partial charge in [0.15, 0.2) is 5.78 Å². The highest BCUT2D eigenvalue weighted by Crippen LogP contribution is 2.22. The van der Waals surface area contributed by atoms with Crippen LogP contribution in [0.15, 0.2) is 53.5 Å². The molecule has 1 saturated heterocycles. The zero-order valence-electron chi connectivity index (χ0n) is 13.3. The van der Waals surface area contributed by atoms with Crippen molar-refractivity contribution in [1.82, 2.24) is 4.90 Å². The lowest BCUT2D eigenvalue weighted by Crippen LogP contribution is -2.50. The maximum atomic E-state index is 12.0. The summed E-state index contributed by atoms with van der Waals surface area (Å²) in [4.78, 5) is 21.2. The lowest BCUT2D eigenvalue weighted by atomic mass is 9.99. The maximum absolute atomic E-state index is 12.0. The van der Waals surface area contributed by atoms with E-state index < -0.39 is 0 Å². The van der Waals surface area contributed by atoms with E-state index in [9.17, 15) is 4.79 Å². The van der Waals surface area contributed by atoms with Crippen molar-refractivity contribution in [1.29, 1.82) is 0 Å². The normalized spacial score (nSPS) is 17.5.